The number of nitrogens with zero attached hydrogens (tertiary/aromatic N) is 6. The fourth-order valence-electron chi connectivity index (χ4n) is 4.97. The Hall–Kier alpha value is -2.00. The van der Waals surface area contributed by atoms with Crippen LogP contribution in [0.25, 0.3) is 0 Å². The van der Waals surface area contributed by atoms with Crippen LogP contribution < -0.4 is 5.73 Å². The standard InChI is InChI=1S/C20H33N7O2/c21-7-13-27-15-18(22-23-27)20(29)25-11-5-17(6-12-25)26-10-3-4-16(14-26)19(28)24-8-1-2-9-24/h15-17H,1-14,21H2/t16-/m1/s1. The average Bonchev–Trinajstić information content (AvgIpc) is 3.46. The van der Waals surface area contributed by atoms with Gasteiger partial charge in [0.05, 0.1) is 18.7 Å². The molecule has 1 atom stereocenters. The van der Waals surface area contributed by atoms with Gasteiger partial charge in [-0.2, -0.15) is 0 Å². The lowest BCUT2D eigenvalue weighted by molar-refractivity contribution is -0.136. The van der Waals surface area contributed by atoms with Crippen molar-refractivity contribution in [3.05, 3.63) is 11.9 Å². The van der Waals surface area contributed by atoms with Crippen LogP contribution in [0.4, 0.5) is 0 Å². The van der Waals surface area contributed by atoms with E-state index in [1.54, 1.807) is 10.9 Å². The number of hydrogen-bond acceptors (Lipinski definition) is 6. The molecule has 9 nitrogen and oxygen atoms in total. The van der Waals surface area contributed by atoms with Gasteiger partial charge >= 0.3 is 0 Å². The molecule has 0 spiro atoms. The molecule has 4 rings (SSSR count). The number of carbonyl (C=O) groups is 2. The van der Waals surface area contributed by atoms with Crippen molar-refractivity contribution in [2.24, 2.45) is 11.7 Å². The van der Waals surface area contributed by atoms with Gasteiger partial charge in [0, 0.05) is 45.3 Å². The van der Waals surface area contributed by atoms with E-state index >= 15 is 0 Å². The van der Waals surface area contributed by atoms with Gasteiger partial charge in [-0.25, -0.2) is 0 Å². The Morgan fingerprint density at radius 1 is 1.00 bits per heavy atom. The molecule has 0 saturated carbocycles. The third kappa shape index (κ3) is 4.61. The average molecular weight is 404 g/mol. The maximum absolute atomic E-state index is 12.8. The minimum atomic E-state index is -0.0487. The Morgan fingerprint density at radius 2 is 1.76 bits per heavy atom. The van der Waals surface area contributed by atoms with Gasteiger partial charge in [-0.1, -0.05) is 5.21 Å². The van der Waals surface area contributed by atoms with E-state index in [9.17, 15) is 9.59 Å². The quantitative estimate of drug-likeness (QED) is 0.753. The normalized spacial score (nSPS) is 24.2. The first-order chi connectivity index (χ1) is 14.2. The Labute approximate surface area is 172 Å². The molecule has 3 saturated heterocycles. The lowest BCUT2D eigenvalue weighted by Gasteiger charge is -2.42. The summed E-state index contributed by atoms with van der Waals surface area (Å²) >= 11 is 0. The Morgan fingerprint density at radius 3 is 2.48 bits per heavy atom. The highest BCUT2D eigenvalue weighted by Gasteiger charge is 2.35. The Kier molecular flexibility index (Phi) is 6.44. The summed E-state index contributed by atoms with van der Waals surface area (Å²) in [5, 5.41) is 7.96. The SMILES string of the molecule is NCCn1cc(C(=O)N2CCC(N3CCC[C@@H](C(=O)N4CCCC4)C3)CC2)nn1. The van der Waals surface area contributed by atoms with E-state index in [0.717, 1.165) is 77.8 Å². The Balaban J connectivity index is 1.28. The van der Waals surface area contributed by atoms with E-state index in [4.69, 9.17) is 5.73 Å². The molecule has 29 heavy (non-hydrogen) atoms. The molecule has 3 aliphatic heterocycles. The highest BCUT2D eigenvalue weighted by Crippen LogP contribution is 2.26. The van der Waals surface area contributed by atoms with Crippen molar-refractivity contribution in [2.45, 2.75) is 51.1 Å². The third-order valence-electron chi connectivity index (χ3n) is 6.60. The number of carbonyl (C=O) groups excluding carboxylic acids is 2. The summed E-state index contributed by atoms with van der Waals surface area (Å²) in [4.78, 5) is 31.9. The molecule has 1 aromatic rings. The molecule has 2 amide bonds. The van der Waals surface area contributed by atoms with E-state index < -0.39 is 0 Å². The number of piperidine rings is 2. The van der Waals surface area contributed by atoms with Crippen LogP contribution in [0.2, 0.25) is 0 Å². The summed E-state index contributed by atoms with van der Waals surface area (Å²) < 4.78 is 1.62. The molecule has 0 aromatic carbocycles. The van der Waals surface area contributed by atoms with Crippen LogP contribution in [0.1, 0.15) is 49.0 Å². The predicted octanol–water partition coefficient (Wildman–Crippen LogP) is 0.176. The second kappa shape index (κ2) is 9.21. The number of nitrogens with two attached hydrogens (primary N) is 1. The molecule has 1 aromatic heterocycles. The summed E-state index contributed by atoms with van der Waals surface area (Å²) in [6.45, 7) is 6.31. The van der Waals surface area contributed by atoms with Crippen LogP contribution in [0.5, 0.6) is 0 Å². The van der Waals surface area contributed by atoms with Crippen molar-refractivity contribution in [3.63, 3.8) is 0 Å². The smallest absolute Gasteiger partial charge is 0.276 e. The first-order valence-corrected chi connectivity index (χ1v) is 11.1. The summed E-state index contributed by atoms with van der Waals surface area (Å²) in [5.74, 6) is 0.465. The van der Waals surface area contributed by atoms with E-state index in [-0.39, 0.29) is 11.8 Å². The van der Waals surface area contributed by atoms with E-state index in [2.05, 4.69) is 20.1 Å². The van der Waals surface area contributed by atoms with Crippen molar-refractivity contribution in [3.8, 4) is 0 Å². The van der Waals surface area contributed by atoms with Gasteiger partial charge in [-0.3, -0.25) is 19.2 Å². The maximum Gasteiger partial charge on any atom is 0.276 e. The monoisotopic (exact) mass is 403 g/mol. The first kappa shape index (κ1) is 20.3. The van der Waals surface area contributed by atoms with Crippen molar-refractivity contribution >= 4 is 11.8 Å². The van der Waals surface area contributed by atoms with Crippen molar-refractivity contribution < 1.29 is 9.59 Å². The fourth-order valence-corrected chi connectivity index (χ4v) is 4.97. The largest absolute Gasteiger partial charge is 0.342 e. The van der Waals surface area contributed by atoms with Crippen molar-refractivity contribution in [2.75, 3.05) is 45.8 Å². The summed E-state index contributed by atoms with van der Waals surface area (Å²) in [6.07, 6.45) is 7.99. The molecular weight excluding hydrogens is 370 g/mol. The summed E-state index contributed by atoms with van der Waals surface area (Å²) in [5.41, 5.74) is 5.92. The zero-order valence-electron chi connectivity index (χ0n) is 17.2. The second-order valence-electron chi connectivity index (χ2n) is 8.55. The zero-order chi connectivity index (χ0) is 20.2. The topological polar surface area (TPSA) is 101 Å². The van der Waals surface area contributed by atoms with Gasteiger partial charge in [0.15, 0.2) is 5.69 Å². The predicted molar refractivity (Wildman–Crippen MR) is 108 cm³/mol. The highest BCUT2D eigenvalue weighted by atomic mass is 16.2. The van der Waals surface area contributed by atoms with E-state index in [1.807, 2.05) is 4.90 Å². The molecular formula is C20H33N7O2. The molecule has 4 heterocycles. The van der Waals surface area contributed by atoms with Gasteiger partial charge in [-0.05, 0) is 45.1 Å². The maximum atomic E-state index is 12.8. The number of rotatable bonds is 5. The van der Waals surface area contributed by atoms with Crippen LogP contribution in [-0.2, 0) is 11.3 Å². The second-order valence-corrected chi connectivity index (χ2v) is 8.55. The van der Waals surface area contributed by atoms with Crippen LogP contribution in [0.3, 0.4) is 0 Å². The van der Waals surface area contributed by atoms with Crippen LogP contribution in [0.15, 0.2) is 6.20 Å². The molecule has 3 aliphatic rings. The molecule has 0 unspecified atom stereocenters. The number of aromatic nitrogens is 3. The van der Waals surface area contributed by atoms with Gasteiger partial charge < -0.3 is 15.5 Å². The number of likely N-dealkylation sites (tertiary alicyclic amines) is 3. The van der Waals surface area contributed by atoms with Gasteiger partial charge in [-0.15, -0.1) is 5.10 Å². The van der Waals surface area contributed by atoms with Crippen LogP contribution in [-0.4, -0.2) is 93.4 Å². The van der Waals surface area contributed by atoms with Crippen LogP contribution >= 0.6 is 0 Å². The zero-order valence-corrected chi connectivity index (χ0v) is 17.2. The minimum absolute atomic E-state index is 0.0487. The van der Waals surface area contributed by atoms with Gasteiger partial charge in [0.2, 0.25) is 5.91 Å². The van der Waals surface area contributed by atoms with E-state index in [1.165, 1.54) is 0 Å². The molecule has 0 bridgehead atoms. The first-order valence-electron chi connectivity index (χ1n) is 11.1. The molecule has 9 heteroatoms. The number of amides is 2. The molecule has 3 fully saturated rings. The Bertz CT molecular complexity index is 707. The van der Waals surface area contributed by atoms with Gasteiger partial charge in [0.25, 0.3) is 5.91 Å². The lowest BCUT2D eigenvalue weighted by Crippen LogP contribution is -2.51. The summed E-state index contributed by atoms with van der Waals surface area (Å²) in [6, 6.07) is 0.459. The lowest BCUT2D eigenvalue weighted by atomic mass is 9.93. The van der Waals surface area contributed by atoms with Crippen LogP contribution in [0, 0.1) is 5.92 Å². The third-order valence-corrected chi connectivity index (χ3v) is 6.60. The van der Waals surface area contributed by atoms with Crippen molar-refractivity contribution in [1.82, 2.24) is 29.7 Å². The highest BCUT2D eigenvalue weighted by molar-refractivity contribution is 5.92. The molecule has 0 aliphatic carbocycles. The van der Waals surface area contributed by atoms with Crippen molar-refractivity contribution in [1.29, 1.82) is 0 Å². The van der Waals surface area contributed by atoms with E-state index in [0.29, 0.717) is 30.7 Å². The molecule has 0 radical (unpaired) electrons. The molecule has 2 N–H and O–H groups in total. The number of hydrogen-bond donors (Lipinski definition) is 1. The summed E-state index contributed by atoms with van der Waals surface area (Å²) in [7, 11) is 0. The van der Waals surface area contributed by atoms with Gasteiger partial charge in [0.1, 0.15) is 0 Å². The molecule has 160 valence electrons. The minimum Gasteiger partial charge on any atom is -0.342 e. The fraction of sp³-hybridized carbons (Fsp3) is 0.800.